The first-order valence-corrected chi connectivity index (χ1v) is 7.09. The minimum absolute atomic E-state index is 0.0288. The average Bonchev–Trinajstić information content (AvgIpc) is 2.53. The molecule has 0 aliphatic heterocycles. The Labute approximate surface area is 125 Å². The topological polar surface area (TPSA) is 89.1 Å². The van der Waals surface area contributed by atoms with Crippen LogP contribution in [0.5, 0.6) is 0 Å². The van der Waals surface area contributed by atoms with Gasteiger partial charge in [0.1, 0.15) is 5.84 Å². The van der Waals surface area contributed by atoms with E-state index in [4.69, 9.17) is 20.4 Å². The van der Waals surface area contributed by atoms with Crippen molar-refractivity contribution in [2.45, 2.75) is 18.9 Å². The number of methoxy groups -OCH3 is 1. The number of hydrogen-bond donors (Lipinski definition) is 3. The second-order valence-corrected chi connectivity index (χ2v) is 4.67. The van der Waals surface area contributed by atoms with Gasteiger partial charge in [0, 0.05) is 26.2 Å². The van der Waals surface area contributed by atoms with Gasteiger partial charge in [-0.05, 0) is 18.5 Å². The maximum atomic E-state index is 8.73. The van der Waals surface area contributed by atoms with E-state index in [1.807, 2.05) is 30.3 Å². The standard InChI is InChI=1S/C15H25N3O3/c1-20-10-11-21-9-5-8-17-14(12-15(16)18-19)13-6-3-2-4-7-13/h2-4,6-7,14,17,19H,5,8-12H2,1H3,(H2,16,18). The molecule has 0 saturated carbocycles. The zero-order chi connectivity index (χ0) is 15.3. The Morgan fingerprint density at radius 1 is 1.29 bits per heavy atom. The molecule has 4 N–H and O–H groups in total. The minimum atomic E-state index is 0.0288. The van der Waals surface area contributed by atoms with Gasteiger partial charge >= 0.3 is 0 Å². The van der Waals surface area contributed by atoms with E-state index in [9.17, 15) is 0 Å². The molecule has 0 saturated heterocycles. The summed E-state index contributed by atoms with van der Waals surface area (Å²) in [5, 5.41) is 15.2. The minimum Gasteiger partial charge on any atom is -0.409 e. The van der Waals surface area contributed by atoms with Crippen molar-refractivity contribution in [1.82, 2.24) is 5.32 Å². The van der Waals surface area contributed by atoms with E-state index in [0.717, 1.165) is 18.5 Å². The quantitative estimate of drug-likeness (QED) is 0.189. The SMILES string of the molecule is COCCOCCCNC(C/C(N)=N/O)c1ccccc1. The molecule has 1 aromatic carbocycles. The lowest BCUT2D eigenvalue weighted by atomic mass is 10.0. The summed E-state index contributed by atoms with van der Waals surface area (Å²) in [6.07, 6.45) is 1.36. The smallest absolute Gasteiger partial charge is 0.141 e. The Kier molecular flexibility index (Phi) is 9.19. The highest BCUT2D eigenvalue weighted by molar-refractivity contribution is 5.80. The van der Waals surface area contributed by atoms with Gasteiger partial charge < -0.3 is 25.7 Å². The van der Waals surface area contributed by atoms with Gasteiger partial charge in [-0.3, -0.25) is 0 Å². The van der Waals surface area contributed by atoms with Crippen LogP contribution in [-0.2, 0) is 9.47 Å². The second kappa shape index (κ2) is 11.1. The molecule has 0 heterocycles. The van der Waals surface area contributed by atoms with Crippen LogP contribution >= 0.6 is 0 Å². The first-order chi connectivity index (χ1) is 10.3. The number of benzene rings is 1. The Bertz CT molecular complexity index is 398. The van der Waals surface area contributed by atoms with Gasteiger partial charge in [0.05, 0.1) is 13.2 Å². The molecule has 0 fully saturated rings. The molecule has 1 atom stereocenters. The molecule has 1 aromatic rings. The molecular weight excluding hydrogens is 270 g/mol. The van der Waals surface area contributed by atoms with Crippen LogP contribution in [0.15, 0.2) is 35.5 Å². The lowest BCUT2D eigenvalue weighted by Crippen LogP contribution is -2.28. The molecule has 0 spiro atoms. The van der Waals surface area contributed by atoms with Crippen LogP contribution in [0.1, 0.15) is 24.4 Å². The molecule has 0 aromatic heterocycles. The summed E-state index contributed by atoms with van der Waals surface area (Å²) in [5.41, 5.74) is 6.73. The number of amidine groups is 1. The molecule has 118 valence electrons. The van der Waals surface area contributed by atoms with E-state index in [1.54, 1.807) is 7.11 Å². The highest BCUT2D eigenvalue weighted by Gasteiger charge is 2.12. The number of oxime groups is 1. The summed E-state index contributed by atoms with van der Waals surface area (Å²) < 4.78 is 10.3. The fourth-order valence-corrected chi connectivity index (χ4v) is 1.94. The third kappa shape index (κ3) is 7.65. The Morgan fingerprint density at radius 3 is 2.71 bits per heavy atom. The predicted octanol–water partition coefficient (Wildman–Crippen LogP) is 1.51. The van der Waals surface area contributed by atoms with Gasteiger partial charge in [-0.1, -0.05) is 35.5 Å². The molecule has 6 heteroatoms. The largest absolute Gasteiger partial charge is 0.409 e. The van der Waals surface area contributed by atoms with Crippen molar-refractivity contribution in [3.05, 3.63) is 35.9 Å². The fourth-order valence-electron chi connectivity index (χ4n) is 1.94. The molecule has 21 heavy (non-hydrogen) atoms. The van der Waals surface area contributed by atoms with Crippen molar-refractivity contribution in [1.29, 1.82) is 0 Å². The lowest BCUT2D eigenvalue weighted by molar-refractivity contribution is 0.0692. The van der Waals surface area contributed by atoms with Crippen LogP contribution < -0.4 is 11.1 Å². The molecule has 0 radical (unpaired) electrons. The number of rotatable bonds is 11. The first kappa shape index (κ1) is 17.4. The molecule has 0 amide bonds. The van der Waals surface area contributed by atoms with Crippen LogP contribution in [0.3, 0.4) is 0 Å². The third-order valence-corrected chi connectivity index (χ3v) is 3.03. The van der Waals surface area contributed by atoms with Crippen LogP contribution in [0, 0.1) is 0 Å². The molecule has 0 aliphatic carbocycles. The Morgan fingerprint density at radius 2 is 2.05 bits per heavy atom. The molecule has 0 bridgehead atoms. The Balaban J connectivity index is 2.36. The fraction of sp³-hybridized carbons (Fsp3) is 0.533. The lowest BCUT2D eigenvalue weighted by Gasteiger charge is -2.18. The molecule has 6 nitrogen and oxygen atoms in total. The van der Waals surface area contributed by atoms with E-state index in [2.05, 4.69) is 10.5 Å². The first-order valence-electron chi connectivity index (χ1n) is 7.09. The summed E-state index contributed by atoms with van der Waals surface area (Å²) in [6.45, 7) is 2.71. The number of nitrogens with one attached hydrogen (secondary N) is 1. The molecule has 1 rings (SSSR count). The molecular formula is C15H25N3O3. The molecule has 1 unspecified atom stereocenters. The van der Waals surface area contributed by atoms with E-state index in [-0.39, 0.29) is 11.9 Å². The number of nitrogens with zero attached hydrogens (tertiary/aromatic N) is 1. The van der Waals surface area contributed by atoms with Gasteiger partial charge in [-0.25, -0.2) is 0 Å². The van der Waals surface area contributed by atoms with Crippen molar-refractivity contribution >= 4 is 5.84 Å². The highest BCUT2D eigenvalue weighted by Crippen LogP contribution is 2.16. The number of nitrogens with two attached hydrogens (primary N) is 1. The van der Waals surface area contributed by atoms with Crippen molar-refractivity contribution in [2.24, 2.45) is 10.9 Å². The molecule has 0 aliphatic rings. The number of ether oxygens (including phenoxy) is 2. The van der Waals surface area contributed by atoms with E-state index in [1.165, 1.54) is 0 Å². The van der Waals surface area contributed by atoms with Gasteiger partial charge in [0.15, 0.2) is 0 Å². The van der Waals surface area contributed by atoms with Crippen LogP contribution in [0.4, 0.5) is 0 Å². The number of hydrogen-bond acceptors (Lipinski definition) is 5. The second-order valence-electron chi connectivity index (χ2n) is 4.67. The van der Waals surface area contributed by atoms with Crippen LogP contribution in [0.2, 0.25) is 0 Å². The van der Waals surface area contributed by atoms with Gasteiger partial charge in [-0.15, -0.1) is 0 Å². The monoisotopic (exact) mass is 295 g/mol. The summed E-state index contributed by atoms with van der Waals surface area (Å²) in [6, 6.07) is 10.00. The predicted molar refractivity (Wildman–Crippen MR) is 82.5 cm³/mol. The summed E-state index contributed by atoms with van der Waals surface area (Å²) in [4.78, 5) is 0. The Hall–Kier alpha value is -1.63. The normalized spacial score (nSPS) is 13.3. The maximum absolute atomic E-state index is 8.73. The van der Waals surface area contributed by atoms with Crippen molar-refractivity contribution in [2.75, 3.05) is 33.5 Å². The van der Waals surface area contributed by atoms with E-state index >= 15 is 0 Å². The average molecular weight is 295 g/mol. The highest BCUT2D eigenvalue weighted by atomic mass is 16.5. The summed E-state index contributed by atoms with van der Waals surface area (Å²) >= 11 is 0. The van der Waals surface area contributed by atoms with Crippen molar-refractivity contribution in [3.8, 4) is 0 Å². The van der Waals surface area contributed by atoms with Crippen LogP contribution in [0.25, 0.3) is 0 Å². The zero-order valence-electron chi connectivity index (χ0n) is 12.5. The van der Waals surface area contributed by atoms with Crippen molar-refractivity contribution < 1.29 is 14.7 Å². The van der Waals surface area contributed by atoms with Crippen LogP contribution in [-0.4, -0.2) is 44.5 Å². The van der Waals surface area contributed by atoms with Gasteiger partial charge in [0.25, 0.3) is 0 Å². The van der Waals surface area contributed by atoms with Gasteiger partial charge in [0.2, 0.25) is 0 Å². The third-order valence-electron chi connectivity index (χ3n) is 3.03. The zero-order valence-corrected chi connectivity index (χ0v) is 12.5. The summed E-state index contributed by atoms with van der Waals surface area (Å²) in [5.74, 6) is 0.215. The maximum Gasteiger partial charge on any atom is 0.141 e. The van der Waals surface area contributed by atoms with E-state index < -0.39 is 0 Å². The van der Waals surface area contributed by atoms with E-state index in [0.29, 0.717) is 26.2 Å². The van der Waals surface area contributed by atoms with Crippen molar-refractivity contribution in [3.63, 3.8) is 0 Å². The van der Waals surface area contributed by atoms with Gasteiger partial charge in [-0.2, -0.15) is 0 Å². The summed E-state index contributed by atoms with van der Waals surface area (Å²) in [7, 11) is 1.66.